The van der Waals surface area contributed by atoms with Gasteiger partial charge in [0.15, 0.2) is 0 Å². The number of carbonyl (C=O) groups is 2. The van der Waals surface area contributed by atoms with Crippen molar-refractivity contribution in [1.82, 2.24) is 10.7 Å². The molecule has 0 aliphatic heterocycles. The minimum atomic E-state index is -0.652. The maximum absolute atomic E-state index is 11.9. The summed E-state index contributed by atoms with van der Waals surface area (Å²) in [4.78, 5) is 23.3. The second-order valence-corrected chi connectivity index (χ2v) is 6.26. The molecule has 0 aliphatic rings. The Hall–Kier alpha value is -2.57. The molecule has 0 saturated carbocycles. The van der Waals surface area contributed by atoms with Gasteiger partial charge in [-0.05, 0) is 45.4 Å². The Morgan fingerprint density at radius 1 is 1.17 bits per heavy atom. The molecule has 2 amide bonds. The third-order valence-corrected chi connectivity index (χ3v) is 2.80. The lowest BCUT2D eigenvalue weighted by molar-refractivity contribution is -0.120. The van der Waals surface area contributed by atoms with Crippen molar-refractivity contribution in [3.05, 3.63) is 29.8 Å². The lowest BCUT2D eigenvalue weighted by Crippen LogP contribution is -2.31. The first-order chi connectivity index (χ1) is 11.2. The maximum Gasteiger partial charge on any atom is 0.428 e. The molecule has 0 atom stereocenters. The summed E-state index contributed by atoms with van der Waals surface area (Å²) in [5, 5.41) is 6.63. The van der Waals surface area contributed by atoms with Crippen LogP contribution in [0.2, 0.25) is 0 Å². The summed E-state index contributed by atoms with van der Waals surface area (Å²) >= 11 is 0. The number of benzene rings is 1. The molecule has 0 radical (unpaired) electrons. The summed E-state index contributed by atoms with van der Waals surface area (Å²) in [6.45, 7) is 7.35. The van der Waals surface area contributed by atoms with Crippen LogP contribution in [0.25, 0.3) is 0 Å². The molecule has 0 saturated heterocycles. The van der Waals surface area contributed by atoms with Gasteiger partial charge in [-0.15, -0.1) is 0 Å². The topological polar surface area (TPSA) is 89.0 Å². The fourth-order valence-corrected chi connectivity index (χ4v) is 1.72. The van der Waals surface area contributed by atoms with Crippen LogP contribution in [-0.4, -0.2) is 30.4 Å². The van der Waals surface area contributed by atoms with E-state index in [-0.39, 0.29) is 12.3 Å². The fraction of sp³-hybridized carbons (Fsp3) is 0.471. The van der Waals surface area contributed by atoms with Crippen molar-refractivity contribution in [3.8, 4) is 5.75 Å². The largest absolute Gasteiger partial charge is 0.497 e. The number of ether oxygens (including phenoxy) is 2. The molecular formula is C17H25N3O4. The predicted molar refractivity (Wildman–Crippen MR) is 91.9 cm³/mol. The van der Waals surface area contributed by atoms with Crippen molar-refractivity contribution in [2.45, 2.75) is 46.3 Å². The lowest BCUT2D eigenvalue weighted by Gasteiger charge is -2.18. The average Bonchev–Trinajstić information content (AvgIpc) is 2.50. The molecule has 1 rings (SSSR count). The predicted octanol–water partition coefficient (Wildman–Crippen LogP) is 2.60. The van der Waals surface area contributed by atoms with Gasteiger partial charge in [-0.2, -0.15) is 5.10 Å². The number of hydrogen-bond acceptors (Lipinski definition) is 5. The van der Waals surface area contributed by atoms with Crippen LogP contribution in [0.1, 0.15) is 39.7 Å². The normalized spacial score (nSPS) is 11.6. The molecule has 1 aromatic rings. The van der Waals surface area contributed by atoms with E-state index in [9.17, 15) is 9.59 Å². The highest BCUT2D eigenvalue weighted by Crippen LogP contribution is 2.11. The van der Waals surface area contributed by atoms with Crippen LogP contribution in [-0.2, 0) is 16.1 Å². The summed E-state index contributed by atoms with van der Waals surface area (Å²) in [6.07, 6.45) is -0.563. The van der Waals surface area contributed by atoms with Gasteiger partial charge >= 0.3 is 6.09 Å². The van der Waals surface area contributed by atoms with Gasteiger partial charge in [-0.25, -0.2) is 10.2 Å². The van der Waals surface area contributed by atoms with Crippen molar-refractivity contribution >= 4 is 17.7 Å². The van der Waals surface area contributed by atoms with E-state index >= 15 is 0 Å². The lowest BCUT2D eigenvalue weighted by atomic mass is 10.2. The molecule has 2 N–H and O–H groups in total. The zero-order valence-electron chi connectivity index (χ0n) is 14.8. The number of methoxy groups -OCH3 is 1. The van der Waals surface area contributed by atoms with Gasteiger partial charge in [0.05, 0.1) is 13.5 Å². The Bertz CT molecular complexity index is 589. The van der Waals surface area contributed by atoms with Crippen LogP contribution < -0.4 is 15.5 Å². The van der Waals surface area contributed by atoms with Gasteiger partial charge in [0.2, 0.25) is 5.91 Å². The Kier molecular flexibility index (Phi) is 7.23. The van der Waals surface area contributed by atoms with Crippen LogP contribution >= 0.6 is 0 Å². The smallest absolute Gasteiger partial charge is 0.428 e. The minimum absolute atomic E-state index is 0.0892. The third kappa shape index (κ3) is 8.17. The van der Waals surface area contributed by atoms with Crippen LogP contribution in [0.4, 0.5) is 4.79 Å². The van der Waals surface area contributed by atoms with Gasteiger partial charge in [-0.3, -0.25) is 4.79 Å². The Morgan fingerprint density at radius 2 is 1.79 bits per heavy atom. The van der Waals surface area contributed by atoms with E-state index in [1.54, 1.807) is 34.8 Å². The molecule has 0 heterocycles. The first-order valence-electron chi connectivity index (χ1n) is 7.61. The van der Waals surface area contributed by atoms with Crippen LogP contribution in [0.3, 0.4) is 0 Å². The number of nitrogens with zero attached hydrogens (tertiary/aromatic N) is 1. The Balaban J connectivity index is 2.37. The number of carbonyl (C=O) groups excluding carboxylic acids is 2. The van der Waals surface area contributed by atoms with E-state index in [0.717, 1.165) is 11.3 Å². The SMILES string of the molecule is COc1ccc(CNC(=O)CC(C)=NNC(=O)OC(C)(C)C)cc1. The second-order valence-electron chi connectivity index (χ2n) is 6.26. The highest BCUT2D eigenvalue weighted by atomic mass is 16.6. The molecular weight excluding hydrogens is 310 g/mol. The van der Waals surface area contributed by atoms with E-state index in [2.05, 4.69) is 15.8 Å². The van der Waals surface area contributed by atoms with Crippen molar-refractivity contribution in [2.24, 2.45) is 5.10 Å². The van der Waals surface area contributed by atoms with E-state index < -0.39 is 11.7 Å². The van der Waals surface area contributed by atoms with Crippen LogP contribution in [0.5, 0.6) is 5.75 Å². The van der Waals surface area contributed by atoms with Gasteiger partial charge in [-0.1, -0.05) is 12.1 Å². The average molecular weight is 335 g/mol. The molecule has 7 nitrogen and oxygen atoms in total. The van der Waals surface area contributed by atoms with E-state index in [4.69, 9.17) is 9.47 Å². The molecule has 0 fully saturated rings. The van der Waals surface area contributed by atoms with Crippen LogP contribution in [0.15, 0.2) is 29.4 Å². The summed E-state index contributed by atoms with van der Waals surface area (Å²) in [5.41, 5.74) is 3.11. The molecule has 0 unspecified atom stereocenters. The quantitative estimate of drug-likeness (QED) is 0.618. The van der Waals surface area contributed by atoms with Gasteiger partial charge in [0.25, 0.3) is 0 Å². The van der Waals surface area contributed by atoms with Gasteiger partial charge < -0.3 is 14.8 Å². The van der Waals surface area contributed by atoms with E-state index in [1.165, 1.54) is 0 Å². The summed E-state index contributed by atoms with van der Waals surface area (Å²) in [5.74, 6) is 0.583. The highest BCUT2D eigenvalue weighted by molar-refractivity contribution is 5.99. The first kappa shape index (κ1) is 19.5. The Labute approximate surface area is 142 Å². The number of nitrogens with one attached hydrogen (secondary N) is 2. The molecule has 0 aliphatic carbocycles. The molecule has 24 heavy (non-hydrogen) atoms. The molecule has 0 aromatic heterocycles. The second kappa shape index (κ2) is 8.90. The molecule has 0 spiro atoms. The molecule has 0 bridgehead atoms. The van der Waals surface area contributed by atoms with Crippen LogP contribution in [0, 0.1) is 0 Å². The summed E-state index contributed by atoms with van der Waals surface area (Å²) < 4.78 is 10.1. The highest BCUT2D eigenvalue weighted by Gasteiger charge is 2.15. The van der Waals surface area contributed by atoms with Gasteiger partial charge in [0.1, 0.15) is 11.4 Å². The van der Waals surface area contributed by atoms with Gasteiger partial charge in [0, 0.05) is 12.3 Å². The van der Waals surface area contributed by atoms with Crippen molar-refractivity contribution in [3.63, 3.8) is 0 Å². The zero-order valence-corrected chi connectivity index (χ0v) is 14.8. The number of hydrazone groups is 1. The maximum atomic E-state index is 11.9. The number of amides is 2. The third-order valence-electron chi connectivity index (χ3n) is 2.80. The number of hydrogen-bond donors (Lipinski definition) is 2. The summed E-state index contributed by atoms with van der Waals surface area (Å²) in [7, 11) is 1.60. The Morgan fingerprint density at radius 3 is 2.33 bits per heavy atom. The standard InChI is InChI=1S/C17H25N3O4/c1-12(19-20-16(22)24-17(2,3)4)10-15(21)18-11-13-6-8-14(23-5)9-7-13/h6-9H,10-11H2,1-5H3,(H,18,21)(H,20,22). The molecule has 7 heteroatoms. The van der Waals surface area contributed by atoms with Crippen molar-refractivity contribution in [2.75, 3.05) is 7.11 Å². The van der Waals surface area contributed by atoms with Crippen molar-refractivity contribution in [1.29, 1.82) is 0 Å². The molecule has 132 valence electrons. The molecule has 1 aromatic carbocycles. The fourth-order valence-electron chi connectivity index (χ4n) is 1.72. The van der Waals surface area contributed by atoms with Crippen molar-refractivity contribution < 1.29 is 19.1 Å². The summed E-state index contributed by atoms with van der Waals surface area (Å²) in [6, 6.07) is 7.42. The van der Waals surface area contributed by atoms with E-state index in [0.29, 0.717) is 12.3 Å². The minimum Gasteiger partial charge on any atom is -0.497 e. The van der Waals surface area contributed by atoms with E-state index in [1.807, 2.05) is 24.3 Å². The number of rotatable bonds is 6. The first-order valence-corrected chi connectivity index (χ1v) is 7.61. The monoisotopic (exact) mass is 335 g/mol. The zero-order chi connectivity index (χ0) is 18.2.